The fourth-order valence-electron chi connectivity index (χ4n) is 2.23. The number of nitrogens with one attached hydrogen (secondary N) is 1. The molecule has 2 rings (SSSR count). The largest absolute Gasteiger partial charge is 0.444 e. The van der Waals surface area contributed by atoms with Crippen LogP contribution < -0.4 is 5.32 Å². The summed E-state index contributed by atoms with van der Waals surface area (Å²) in [6, 6.07) is 0.0461. The van der Waals surface area contributed by atoms with Crippen molar-refractivity contribution in [2.24, 2.45) is 0 Å². The molecule has 22 heavy (non-hydrogen) atoms. The van der Waals surface area contributed by atoms with E-state index in [1.807, 2.05) is 20.8 Å². The van der Waals surface area contributed by atoms with Gasteiger partial charge in [-0.2, -0.15) is 4.98 Å². The fraction of sp³-hybridized carbons (Fsp3) is 0.643. The Balaban J connectivity index is 1.98. The number of anilines is 1. The van der Waals surface area contributed by atoms with Crippen LogP contribution in [0, 0.1) is 0 Å². The highest BCUT2D eigenvalue weighted by Gasteiger charge is 2.28. The van der Waals surface area contributed by atoms with E-state index in [1.165, 1.54) is 6.20 Å². The first-order valence-electron chi connectivity index (χ1n) is 7.17. The van der Waals surface area contributed by atoms with Crippen LogP contribution in [0.3, 0.4) is 0 Å². The van der Waals surface area contributed by atoms with E-state index < -0.39 is 5.60 Å². The first-order chi connectivity index (χ1) is 10.2. The Hall–Kier alpha value is -1.27. The number of aromatic nitrogens is 2. The quantitative estimate of drug-likeness (QED) is 0.828. The van der Waals surface area contributed by atoms with Crippen LogP contribution in [0.15, 0.2) is 6.20 Å². The van der Waals surface area contributed by atoms with Gasteiger partial charge in [0.1, 0.15) is 16.4 Å². The molecule has 1 aromatic rings. The van der Waals surface area contributed by atoms with Crippen molar-refractivity contribution in [3.63, 3.8) is 0 Å². The summed E-state index contributed by atoms with van der Waals surface area (Å²) < 4.78 is 5.40. The van der Waals surface area contributed by atoms with Crippen molar-refractivity contribution in [1.82, 2.24) is 14.9 Å². The maximum absolute atomic E-state index is 12.1. The van der Waals surface area contributed by atoms with Crippen LogP contribution in [0.5, 0.6) is 0 Å². The molecule has 1 aromatic heterocycles. The maximum Gasteiger partial charge on any atom is 0.410 e. The molecule has 1 saturated heterocycles. The van der Waals surface area contributed by atoms with Gasteiger partial charge < -0.3 is 15.0 Å². The lowest BCUT2D eigenvalue weighted by atomic mass is 10.1. The number of carbonyl (C=O) groups is 1. The fourth-order valence-corrected chi connectivity index (χ4v) is 2.51. The summed E-state index contributed by atoms with van der Waals surface area (Å²) >= 11 is 11.8. The molecule has 1 aliphatic heterocycles. The average Bonchev–Trinajstić information content (AvgIpc) is 2.41. The van der Waals surface area contributed by atoms with Gasteiger partial charge in [-0.05, 0) is 45.2 Å². The van der Waals surface area contributed by atoms with Gasteiger partial charge in [0, 0.05) is 19.1 Å². The average molecular weight is 347 g/mol. The lowest BCUT2D eigenvalue weighted by Crippen LogP contribution is -2.47. The number of hydrogen-bond donors (Lipinski definition) is 1. The van der Waals surface area contributed by atoms with Crippen LogP contribution in [0.4, 0.5) is 10.6 Å². The summed E-state index contributed by atoms with van der Waals surface area (Å²) in [5.74, 6) is 0.484. The normalized spacial score (nSPS) is 19.0. The van der Waals surface area contributed by atoms with Crippen molar-refractivity contribution in [2.45, 2.75) is 45.3 Å². The van der Waals surface area contributed by atoms with E-state index in [9.17, 15) is 4.79 Å². The van der Waals surface area contributed by atoms with Gasteiger partial charge in [-0.15, -0.1) is 0 Å². The first kappa shape index (κ1) is 17.1. The van der Waals surface area contributed by atoms with Crippen molar-refractivity contribution in [2.75, 3.05) is 18.4 Å². The van der Waals surface area contributed by atoms with E-state index in [-0.39, 0.29) is 17.4 Å². The second kappa shape index (κ2) is 6.87. The monoisotopic (exact) mass is 346 g/mol. The van der Waals surface area contributed by atoms with E-state index in [0.717, 1.165) is 12.8 Å². The zero-order valence-electron chi connectivity index (χ0n) is 12.9. The molecule has 0 aromatic carbocycles. The van der Waals surface area contributed by atoms with Crippen molar-refractivity contribution >= 4 is 35.1 Å². The predicted octanol–water partition coefficient (Wildman–Crippen LogP) is 3.59. The number of rotatable bonds is 2. The van der Waals surface area contributed by atoms with E-state index in [1.54, 1.807) is 4.90 Å². The van der Waals surface area contributed by atoms with Gasteiger partial charge in [0.15, 0.2) is 0 Å². The maximum atomic E-state index is 12.1. The number of piperidine rings is 1. The van der Waals surface area contributed by atoms with E-state index >= 15 is 0 Å². The Morgan fingerprint density at radius 2 is 2.18 bits per heavy atom. The molecule has 0 bridgehead atoms. The molecule has 0 aliphatic carbocycles. The van der Waals surface area contributed by atoms with Crippen LogP contribution in [-0.2, 0) is 4.74 Å². The van der Waals surface area contributed by atoms with Crippen LogP contribution in [0.2, 0.25) is 10.3 Å². The predicted molar refractivity (Wildman–Crippen MR) is 86.5 cm³/mol. The summed E-state index contributed by atoms with van der Waals surface area (Å²) in [5.41, 5.74) is -0.499. The van der Waals surface area contributed by atoms with Gasteiger partial charge in [-0.25, -0.2) is 9.78 Å². The molecule has 1 N–H and O–H groups in total. The van der Waals surface area contributed by atoms with Crippen LogP contribution in [-0.4, -0.2) is 45.7 Å². The number of carbonyl (C=O) groups excluding carboxylic acids is 1. The number of likely N-dealkylation sites (tertiary alicyclic amines) is 1. The van der Waals surface area contributed by atoms with Crippen LogP contribution in [0.1, 0.15) is 33.6 Å². The second-order valence-corrected chi connectivity index (χ2v) is 6.99. The van der Waals surface area contributed by atoms with Crippen LogP contribution in [0.25, 0.3) is 0 Å². The zero-order chi connectivity index (χ0) is 16.3. The summed E-state index contributed by atoms with van der Waals surface area (Å²) in [7, 11) is 0. The van der Waals surface area contributed by atoms with Gasteiger partial charge in [-0.3, -0.25) is 0 Å². The molecule has 122 valence electrons. The van der Waals surface area contributed by atoms with Crippen molar-refractivity contribution in [1.29, 1.82) is 0 Å². The third-order valence-electron chi connectivity index (χ3n) is 3.13. The number of hydrogen-bond acceptors (Lipinski definition) is 5. The summed E-state index contributed by atoms with van der Waals surface area (Å²) in [4.78, 5) is 21.7. The molecule has 1 aliphatic rings. The highest BCUT2D eigenvalue weighted by atomic mass is 35.5. The minimum absolute atomic E-state index is 0.0461. The Morgan fingerprint density at radius 1 is 1.45 bits per heavy atom. The van der Waals surface area contributed by atoms with E-state index in [4.69, 9.17) is 27.9 Å². The van der Waals surface area contributed by atoms with Gasteiger partial charge in [0.25, 0.3) is 0 Å². The van der Waals surface area contributed by atoms with E-state index in [0.29, 0.717) is 23.9 Å². The summed E-state index contributed by atoms with van der Waals surface area (Å²) in [6.45, 7) is 6.78. The van der Waals surface area contributed by atoms with Crippen molar-refractivity contribution in [3.05, 3.63) is 16.5 Å². The Kier molecular flexibility index (Phi) is 5.34. The number of amides is 1. The van der Waals surface area contributed by atoms with Crippen molar-refractivity contribution in [3.8, 4) is 0 Å². The third-order valence-corrected chi connectivity index (χ3v) is 3.59. The topological polar surface area (TPSA) is 67.3 Å². The van der Waals surface area contributed by atoms with E-state index in [2.05, 4.69) is 15.3 Å². The molecule has 0 spiro atoms. The second-order valence-electron chi connectivity index (χ2n) is 6.25. The Morgan fingerprint density at radius 3 is 2.86 bits per heavy atom. The molecule has 2 heterocycles. The van der Waals surface area contributed by atoms with Gasteiger partial charge in [0.2, 0.25) is 5.28 Å². The molecule has 1 amide bonds. The van der Waals surface area contributed by atoms with Crippen molar-refractivity contribution < 1.29 is 9.53 Å². The SMILES string of the molecule is CC(C)(C)OC(=O)N1CCC[C@H](Nc2nc(Cl)ncc2Cl)C1. The van der Waals surface area contributed by atoms with Gasteiger partial charge >= 0.3 is 6.09 Å². The number of halogens is 2. The number of ether oxygens (including phenoxy) is 1. The molecule has 6 nitrogen and oxygen atoms in total. The standard InChI is InChI=1S/C14H20Cl2N4O2/c1-14(2,3)22-13(21)20-6-4-5-9(8-20)18-11-10(15)7-17-12(16)19-11/h7,9H,4-6,8H2,1-3H3,(H,17,18,19)/t9-/m0/s1. The minimum Gasteiger partial charge on any atom is -0.444 e. The summed E-state index contributed by atoms with van der Waals surface area (Å²) in [5, 5.41) is 3.75. The molecular formula is C14H20Cl2N4O2. The smallest absolute Gasteiger partial charge is 0.410 e. The Bertz CT molecular complexity index is 548. The molecule has 1 atom stereocenters. The molecule has 0 saturated carbocycles. The molecule has 0 unspecified atom stereocenters. The number of nitrogens with zero attached hydrogens (tertiary/aromatic N) is 3. The molecule has 8 heteroatoms. The highest BCUT2D eigenvalue weighted by Crippen LogP contribution is 2.23. The molecule has 0 radical (unpaired) electrons. The Labute approximate surface area is 140 Å². The zero-order valence-corrected chi connectivity index (χ0v) is 14.4. The first-order valence-corrected chi connectivity index (χ1v) is 7.93. The molecular weight excluding hydrogens is 327 g/mol. The lowest BCUT2D eigenvalue weighted by molar-refractivity contribution is 0.0206. The minimum atomic E-state index is -0.499. The lowest BCUT2D eigenvalue weighted by Gasteiger charge is -2.34. The van der Waals surface area contributed by atoms with Crippen LogP contribution >= 0.6 is 23.2 Å². The van der Waals surface area contributed by atoms with Gasteiger partial charge in [-0.1, -0.05) is 11.6 Å². The third kappa shape index (κ3) is 4.88. The summed E-state index contributed by atoms with van der Waals surface area (Å²) in [6.07, 6.45) is 2.95. The highest BCUT2D eigenvalue weighted by molar-refractivity contribution is 6.33. The van der Waals surface area contributed by atoms with Gasteiger partial charge in [0.05, 0.1) is 6.20 Å². The molecule has 1 fully saturated rings.